The molecule has 1 aliphatic heterocycles. The van der Waals surface area contributed by atoms with Gasteiger partial charge in [0.1, 0.15) is 18.5 Å². The highest BCUT2D eigenvalue weighted by atomic mass is 35.5. The lowest BCUT2D eigenvalue weighted by atomic mass is 10.00. The summed E-state index contributed by atoms with van der Waals surface area (Å²) in [4.78, 5) is 1.10. The maximum absolute atomic E-state index is 10.00. The van der Waals surface area contributed by atoms with Crippen molar-refractivity contribution < 1.29 is 9.84 Å². The topological polar surface area (TPSA) is 29.5 Å². The molecule has 4 heteroatoms. The molecule has 0 bridgehead atoms. The molecule has 0 aromatic heterocycles. The molecule has 1 aromatic rings. The highest BCUT2D eigenvalue weighted by Gasteiger charge is 2.23. The van der Waals surface area contributed by atoms with Gasteiger partial charge in [-0.2, -0.15) is 0 Å². The summed E-state index contributed by atoms with van der Waals surface area (Å²) in [6.45, 7) is 0.357. The highest BCUT2D eigenvalue weighted by Crippen LogP contribution is 2.37. The molecule has 1 N–H and O–H groups in total. The van der Waals surface area contributed by atoms with Crippen molar-refractivity contribution in [1.82, 2.24) is 0 Å². The summed E-state index contributed by atoms with van der Waals surface area (Å²) in [5.74, 6) is 0.738. The largest absolute Gasteiger partial charge is 0.489 e. The quantitative estimate of drug-likeness (QED) is 0.768. The number of benzene rings is 1. The zero-order chi connectivity index (χ0) is 10.8. The number of hydrogen-bond acceptors (Lipinski definition) is 3. The van der Waals surface area contributed by atoms with Gasteiger partial charge in [-0.15, -0.1) is 11.8 Å². The predicted octanol–water partition coefficient (Wildman–Crippen LogP) is 2.96. The number of fused-ring (bicyclic) bond motifs is 1. The molecule has 1 aliphatic rings. The molecule has 2 rings (SSSR count). The van der Waals surface area contributed by atoms with Crippen LogP contribution in [0, 0.1) is 0 Å². The molecule has 2 nitrogen and oxygen atoms in total. The molecule has 0 radical (unpaired) electrons. The van der Waals surface area contributed by atoms with Gasteiger partial charge in [0, 0.05) is 21.6 Å². The smallest absolute Gasteiger partial charge is 0.126 e. The summed E-state index contributed by atoms with van der Waals surface area (Å²) in [7, 11) is 0. The maximum Gasteiger partial charge on any atom is 0.126 e. The van der Waals surface area contributed by atoms with Gasteiger partial charge in [-0.3, -0.25) is 0 Å². The van der Waals surface area contributed by atoms with Crippen LogP contribution in [0.5, 0.6) is 5.75 Å². The van der Waals surface area contributed by atoms with Crippen molar-refractivity contribution in [2.75, 3.05) is 12.9 Å². The second kappa shape index (κ2) is 4.47. The van der Waals surface area contributed by atoms with E-state index >= 15 is 0 Å². The van der Waals surface area contributed by atoms with E-state index in [1.807, 2.05) is 24.5 Å². The summed E-state index contributed by atoms with van der Waals surface area (Å²) in [5.41, 5.74) is 2.88. The molecule has 0 fully saturated rings. The lowest BCUT2D eigenvalue weighted by molar-refractivity contribution is 0.170. The van der Waals surface area contributed by atoms with Gasteiger partial charge in [0.2, 0.25) is 0 Å². The number of thioether (sulfide) groups is 1. The lowest BCUT2D eigenvalue weighted by Crippen LogP contribution is -2.17. The number of ether oxygens (including phenoxy) is 1. The van der Waals surface area contributed by atoms with Gasteiger partial charge in [0.05, 0.1) is 0 Å². The molecular formula is C11H11ClO2S. The van der Waals surface area contributed by atoms with Crippen LogP contribution in [0.3, 0.4) is 0 Å². The van der Waals surface area contributed by atoms with E-state index in [0.717, 1.165) is 16.2 Å². The van der Waals surface area contributed by atoms with Gasteiger partial charge >= 0.3 is 0 Å². The van der Waals surface area contributed by atoms with Gasteiger partial charge < -0.3 is 9.84 Å². The third-order valence-corrected chi connectivity index (χ3v) is 3.40. The molecule has 0 saturated heterocycles. The van der Waals surface area contributed by atoms with E-state index in [0.29, 0.717) is 12.2 Å². The van der Waals surface area contributed by atoms with Crippen molar-refractivity contribution >= 4 is 23.4 Å². The van der Waals surface area contributed by atoms with Crippen molar-refractivity contribution in [3.63, 3.8) is 0 Å². The first kappa shape index (κ1) is 10.9. The van der Waals surface area contributed by atoms with Gasteiger partial charge in [-0.25, -0.2) is 0 Å². The summed E-state index contributed by atoms with van der Waals surface area (Å²) < 4.78 is 5.47. The molecule has 80 valence electrons. The molecule has 0 amide bonds. The lowest BCUT2D eigenvalue weighted by Gasteiger charge is -2.24. The average molecular weight is 243 g/mol. The minimum Gasteiger partial charge on any atom is -0.489 e. The first-order chi connectivity index (χ1) is 7.26. The normalized spacial score (nSPS) is 22.3. The van der Waals surface area contributed by atoms with E-state index in [4.69, 9.17) is 16.3 Å². The SMILES string of the molecule is CSc1ccc2c(c1)C(O)/C(=C\Cl)CO2. The van der Waals surface area contributed by atoms with Crippen LogP contribution in [0.2, 0.25) is 0 Å². The van der Waals surface area contributed by atoms with Crippen LogP contribution in [0.15, 0.2) is 34.2 Å². The standard InChI is InChI=1S/C11H11ClO2S/c1-15-8-2-3-10-9(4-8)11(13)7(5-12)6-14-10/h2-5,11,13H,6H2,1H3/b7-5-. The third kappa shape index (κ3) is 2.00. The zero-order valence-electron chi connectivity index (χ0n) is 8.24. The summed E-state index contributed by atoms with van der Waals surface area (Å²) in [5, 5.41) is 10.00. The fourth-order valence-electron chi connectivity index (χ4n) is 1.53. The molecule has 1 aromatic carbocycles. The number of aliphatic hydroxyl groups is 1. The Morgan fingerprint density at radius 1 is 1.60 bits per heavy atom. The zero-order valence-corrected chi connectivity index (χ0v) is 9.81. The summed E-state index contributed by atoms with van der Waals surface area (Å²) in [6.07, 6.45) is 1.36. The molecule has 0 aliphatic carbocycles. The Morgan fingerprint density at radius 3 is 3.07 bits per heavy atom. The minimum atomic E-state index is -0.640. The monoisotopic (exact) mass is 242 g/mol. The van der Waals surface area contributed by atoms with Crippen molar-refractivity contribution in [1.29, 1.82) is 0 Å². The van der Waals surface area contributed by atoms with E-state index in [9.17, 15) is 5.11 Å². The van der Waals surface area contributed by atoms with Gasteiger partial charge in [0.25, 0.3) is 0 Å². The van der Waals surface area contributed by atoms with E-state index in [2.05, 4.69) is 0 Å². The van der Waals surface area contributed by atoms with Crippen molar-refractivity contribution in [2.45, 2.75) is 11.0 Å². The number of aliphatic hydroxyl groups excluding tert-OH is 1. The molecule has 1 heterocycles. The van der Waals surface area contributed by atoms with Crippen LogP contribution >= 0.6 is 23.4 Å². The van der Waals surface area contributed by atoms with E-state index in [1.165, 1.54) is 5.54 Å². The van der Waals surface area contributed by atoms with Crippen LogP contribution < -0.4 is 4.74 Å². The van der Waals surface area contributed by atoms with Gasteiger partial charge in [0.15, 0.2) is 0 Å². The molecule has 1 unspecified atom stereocenters. The Labute approximate surface area is 97.9 Å². The predicted molar refractivity (Wildman–Crippen MR) is 62.6 cm³/mol. The summed E-state index contributed by atoms with van der Waals surface area (Å²) >= 11 is 7.24. The number of hydrogen-bond donors (Lipinski definition) is 1. The molecule has 15 heavy (non-hydrogen) atoms. The van der Waals surface area contributed by atoms with Crippen LogP contribution in [-0.2, 0) is 0 Å². The van der Waals surface area contributed by atoms with Crippen LogP contribution in [0.1, 0.15) is 11.7 Å². The van der Waals surface area contributed by atoms with Crippen LogP contribution in [-0.4, -0.2) is 18.0 Å². The molecular weight excluding hydrogens is 232 g/mol. The fraction of sp³-hybridized carbons (Fsp3) is 0.273. The Kier molecular flexibility index (Phi) is 3.24. The Balaban J connectivity index is 2.44. The van der Waals surface area contributed by atoms with Crippen molar-refractivity contribution in [3.05, 3.63) is 34.9 Å². The summed E-state index contributed by atoms with van der Waals surface area (Å²) in [6, 6.07) is 5.80. The molecule has 1 atom stereocenters. The van der Waals surface area contributed by atoms with Crippen LogP contribution in [0.25, 0.3) is 0 Å². The third-order valence-electron chi connectivity index (χ3n) is 2.40. The second-order valence-corrected chi connectivity index (χ2v) is 4.38. The second-order valence-electron chi connectivity index (χ2n) is 3.28. The van der Waals surface area contributed by atoms with Crippen molar-refractivity contribution in [2.24, 2.45) is 0 Å². The first-order valence-corrected chi connectivity index (χ1v) is 6.20. The Hall–Kier alpha value is -0.640. The Morgan fingerprint density at radius 2 is 2.40 bits per heavy atom. The van der Waals surface area contributed by atoms with Gasteiger partial charge in [-0.1, -0.05) is 11.6 Å². The van der Waals surface area contributed by atoms with E-state index in [1.54, 1.807) is 11.8 Å². The minimum absolute atomic E-state index is 0.357. The van der Waals surface area contributed by atoms with Crippen LogP contribution in [0.4, 0.5) is 0 Å². The number of halogens is 1. The first-order valence-electron chi connectivity index (χ1n) is 4.54. The van der Waals surface area contributed by atoms with E-state index < -0.39 is 6.10 Å². The molecule has 0 saturated carbocycles. The average Bonchev–Trinajstić information content (AvgIpc) is 2.29. The van der Waals surface area contributed by atoms with E-state index in [-0.39, 0.29) is 0 Å². The maximum atomic E-state index is 10.00. The fourth-order valence-corrected chi connectivity index (χ4v) is 2.16. The highest BCUT2D eigenvalue weighted by molar-refractivity contribution is 7.98. The van der Waals surface area contributed by atoms with Gasteiger partial charge in [-0.05, 0) is 24.5 Å². The Bertz CT molecular complexity index is 404. The molecule has 0 spiro atoms. The number of rotatable bonds is 1. The van der Waals surface area contributed by atoms with Crippen molar-refractivity contribution in [3.8, 4) is 5.75 Å².